The van der Waals surface area contributed by atoms with Crippen LogP contribution in [-0.4, -0.2) is 37.2 Å². The summed E-state index contributed by atoms with van der Waals surface area (Å²) in [5, 5.41) is 0. The number of rotatable bonds is 55. The largest absolute Gasteiger partial charge is 0.462 e. The first-order chi connectivity index (χ1) is 37.0. The number of allylic oxidation sites excluding steroid dienone is 20. The van der Waals surface area contributed by atoms with E-state index in [1.54, 1.807) is 0 Å². The number of unbranched alkanes of at least 4 members (excludes halogenated alkanes) is 24. The van der Waals surface area contributed by atoms with Crippen molar-refractivity contribution in [2.24, 2.45) is 0 Å². The van der Waals surface area contributed by atoms with Crippen LogP contribution >= 0.6 is 0 Å². The Morgan fingerprint density at radius 3 is 0.840 bits per heavy atom. The summed E-state index contributed by atoms with van der Waals surface area (Å²) in [7, 11) is 0. The minimum atomic E-state index is -0.806. The van der Waals surface area contributed by atoms with Crippen molar-refractivity contribution < 1.29 is 28.6 Å². The van der Waals surface area contributed by atoms with E-state index in [0.29, 0.717) is 19.3 Å². The second-order valence-electron chi connectivity index (χ2n) is 20.2. The smallest absolute Gasteiger partial charge is 0.306 e. The number of carbonyl (C=O) groups excluding carboxylic acids is 3. The molecule has 0 radical (unpaired) electrons. The van der Waals surface area contributed by atoms with Gasteiger partial charge < -0.3 is 14.2 Å². The van der Waals surface area contributed by atoms with Crippen LogP contribution in [0.15, 0.2) is 122 Å². The lowest BCUT2D eigenvalue weighted by Gasteiger charge is -2.18. The predicted octanol–water partition coefficient (Wildman–Crippen LogP) is 21.2. The minimum absolute atomic E-state index is 0.101. The second kappa shape index (κ2) is 62.4. The standard InChI is InChI=1S/C69H114O6/c1-4-7-10-13-16-19-22-25-28-31-33-34-36-38-41-44-47-50-53-56-59-62-68(71)74-65-66(64-73-67(70)61-58-55-52-49-46-43-40-37-30-27-24-21-18-15-12-9-6-3)75-69(72)63-60-57-54-51-48-45-42-39-35-32-29-26-23-20-17-14-11-8-5-2/h9,12,17-18,20-22,25-27,29-31,33,35-36,38-40,43,66H,4-8,10-11,13-16,19,23-24,28,32,34,37,41-42,44-65H2,1-3H3/b12-9-,20-17-,21-18-,25-22-,29-26-,30-27-,33-31-,38-36-,39-35-,43-40-. The third kappa shape index (κ3) is 60.6. The summed E-state index contributed by atoms with van der Waals surface area (Å²) in [6.45, 7) is 6.45. The lowest BCUT2D eigenvalue weighted by atomic mass is 10.1. The van der Waals surface area contributed by atoms with Crippen molar-refractivity contribution in [2.75, 3.05) is 13.2 Å². The average molecular weight is 1040 g/mol. The summed E-state index contributed by atoms with van der Waals surface area (Å²) in [4.78, 5) is 38.3. The maximum absolute atomic E-state index is 12.9. The highest BCUT2D eigenvalue weighted by atomic mass is 16.6. The van der Waals surface area contributed by atoms with Crippen molar-refractivity contribution in [3.8, 4) is 0 Å². The van der Waals surface area contributed by atoms with E-state index in [1.807, 2.05) is 0 Å². The molecular formula is C69H114O6. The number of esters is 3. The Balaban J connectivity index is 4.49. The molecule has 0 aliphatic carbocycles. The van der Waals surface area contributed by atoms with E-state index in [1.165, 1.54) is 89.9 Å². The Morgan fingerprint density at radius 2 is 0.520 bits per heavy atom. The van der Waals surface area contributed by atoms with Crippen molar-refractivity contribution >= 4 is 17.9 Å². The van der Waals surface area contributed by atoms with Gasteiger partial charge in [-0.3, -0.25) is 14.4 Å². The fourth-order valence-corrected chi connectivity index (χ4v) is 8.27. The van der Waals surface area contributed by atoms with Crippen LogP contribution in [-0.2, 0) is 28.6 Å². The quantitative estimate of drug-likeness (QED) is 0.0261. The van der Waals surface area contributed by atoms with Gasteiger partial charge in [0.1, 0.15) is 13.2 Å². The molecule has 0 aromatic carbocycles. The van der Waals surface area contributed by atoms with E-state index < -0.39 is 6.10 Å². The summed E-state index contributed by atoms with van der Waals surface area (Å²) in [5.41, 5.74) is 0. The number of ether oxygens (including phenoxy) is 3. The summed E-state index contributed by atoms with van der Waals surface area (Å²) in [5.74, 6) is -0.947. The Morgan fingerprint density at radius 1 is 0.280 bits per heavy atom. The van der Waals surface area contributed by atoms with Gasteiger partial charge in [0.05, 0.1) is 0 Å². The Kier molecular flexibility index (Phi) is 58.9. The van der Waals surface area contributed by atoms with Crippen molar-refractivity contribution in [2.45, 2.75) is 284 Å². The van der Waals surface area contributed by atoms with Gasteiger partial charge in [-0.25, -0.2) is 0 Å². The first-order valence-corrected chi connectivity index (χ1v) is 31.0. The molecule has 0 heterocycles. The van der Waals surface area contributed by atoms with E-state index in [0.717, 1.165) is 148 Å². The molecule has 0 aromatic heterocycles. The summed E-state index contributed by atoms with van der Waals surface area (Å²) >= 11 is 0. The van der Waals surface area contributed by atoms with Crippen LogP contribution in [0.5, 0.6) is 0 Å². The first-order valence-electron chi connectivity index (χ1n) is 31.0. The number of hydrogen-bond acceptors (Lipinski definition) is 6. The third-order valence-electron chi connectivity index (χ3n) is 12.9. The van der Waals surface area contributed by atoms with Crippen molar-refractivity contribution in [1.29, 1.82) is 0 Å². The zero-order valence-corrected chi connectivity index (χ0v) is 48.8. The fourth-order valence-electron chi connectivity index (χ4n) is 8.27. The molecule has 1 atom stereocenters. The molecular weight excluding hydrogens is 925 g/mol. The van der Waals surface area contributed by atoms with Crippen molar-refractivity contribution in [3.05, 3.63) is 122 Å². The van der Waals surface area contributed by atoms with Gasteiger partial charge in [0.15, 0.2) is 6.10 Å². The van der Waals surface area contributed by atoms with E-state index in [4.69, 9.17) is 14.2 Å². The molecule has 0 aliphatic rings. The van der Waals surface area contributed by atoms with Crippen molar-refractivity contribution in [1.82, 2.24) is 0 Å². The molecule has 75 heavy (non-hydrogen) atoms. The molecule has 426 valence electrons. The molecule has 0 aromatic rings. The monoisotopic (exact) mass is 1040 g/mol. The van der Waals surface area contributed by atoms with Crippen molar-refractivity contribution in [3.63, 3.8) is 0 Å². The number of hydrogen-bond donors (Lipinski definition) is 0. The van der Waals surface area contributed by atoms with Crippen LogP contribution in [0.2, 0.25) is 0 Å². The molecule has 0 amide bonds. The van der Waals surface area contributed by atoms with Gasteiger partial charge in [-0.1, -0.05) is 245 Å². The zero-order valence-electron chi connectivity index (χ0n) is 48.8. The summed E-state index contributed by atoms with van der Waals surface area (Å²) < 4.78 is 16.9. The predicted molar refractivity (Wildman–Crippen MR) is 325 cm³/mol. The molecule has 0 rings (SSSR count). The highest BCUT2D eigenvalue weighted by Gasteiger charge is 2.19. The maximum Gasteiger partial charge on any atom is 0.306 e. The van der Waals surface area contributed by atoms with Crippen LogP contribution in [0.25, 0.3) is 0 Å². The van der Waals surface area contributed by atoms with E-state index in [9.17, 15) is 14.4 Å². The van der Waals surface area contributed by atoms with Gasteiger partial charge in [0.25, 0.3) is 0 Å². The Hall–Kier alpha value is -4.19. The molecule has 6 nitrogen and oxygen atoms in total. The molecule has 0 saturated heterocycles. The van der Waals surface area contributed by atoms with Crippen LogP contribution in [0.1, 0.15) is 278 Å². The molecule has 0 bridgehead atoms. The van der Waals surface area contributed by atoms with E-state index in [-0.39, 0.29) is 31.1 Å². The molecule has 6 heteroatoms. The normalized spacial score (nSPS) is 12.9. The Bertz CT molecular complexity index is 1570. The topological polar surface area (TPSA) is 78.9 Å². The van der Waals surface area contributed by atoms with E-state index >= 15 is 0 Å². The van der Waals surface area contributed by atoms with Gasteiger partial charge in [0, 0.05) is 19.3 Å². The average Bonchev–Trinajstić information content (AvgIpc) is 3.41. The van der Waals surface area contributed by atoms with Gasteiger partial charge in [-0.15, -0.1) is 0 Å². The van der Waals surface area contributed by atoms with E-state index in [2.05, 4.69) is 142 Å². The molecule has 0 fully saturated rings. The van der Waals surface area contributed by atoms with Crippen LogP contribution in [0.3, 0.4) is 0 Å². The molecule has 1 unspecified atom stereocenters. The Labute approximate surface area is 462 Å². The highest BCUT2D eigenvalue weighted by molar-refractivity contribution is 5.71. The lowest BCUT2D eigenvalue weighted by molar-refractivity contribution is -0.167. The summed E-state index contributed by atoms with van der Waals surface area (Å²) in [6.07, 6.45) is 86.1. The molecule has 0 aliphatic heterocycles. The lowest BCUT2D eigenvalue weighted by Crippen LogP contribution is -2.30. The molecule has 0 spiro atoms. The van der Waals surface area contributed by atoms with Crippen LogP contribution in [0.4, 0.5) is 0 Å². The zero-order chi connectivity index (χ0) is 54.3. The first kappa shape index (κ1) is 70.8. The highest BCUT2D eigenvalue weighted by Crippen LogP contribution is 2.14. The fraction of sp³-hybridized carbons (Fsp3) is 0.667. The van der Waals surface area contributed by atoms with Crippen LogP contribution < -0.4 is 0 Å². The number of carbonyl (C=O) groups is 3. The van der Waals surface area contributed by atoms with Gasteiger partial charge in [-0.2, -0.15) is 0 Å². The van der Waals surface area contributed by atoms with Gasteiger partial charge in [0.2, 0.25) is 0 Å². The molecule has 0 saturated carbocycles. The minimum Gasteiger partial charge on any atom is -0.462 e. The second-order valence-corrected chi connectivity index (χ2v) is 20.2. The SMILES string of the molecule is CC/C=C\C/C=C\C/C=C\C/C=C\CCCCCCC(=O)OCC(COC(=O)CCCCCCCC/C=C\C/C=C\C/C=C\CCCCCCC)OC(=O)CCCCCCCC/C=C\C/C=C\C/C=C\CCCCC. The molecule has 0 N–H and O–H groups in total. The third-order valence-corrected chi connectivity index (χ3v) is 12.9. The maximum atomic E-state index is 12.9. The summed E-state index contributed by atoms with van der Waals surface area (Å²) in [6, 6.07) is 0. The van der Waals surface area contributed by atoms with Crippen LogP contribution in [0, 0.1) is 0 Å². The van der Waals surface area contributed by atoms with Gasteiger partial charge >= 0.3 is 17.9 Å². The van der Waals surface area contributed by atoms with Gasteiger partial charge in [-0.05, 0) is 135 Å².